The van der Waals surface area contributed by atoms with Crippen LogP contribution in [0, 0.1) is 0 Å². The molecular formula is C7H10F3N3. The smallest absolute Gasteiger partial charge is 0.338 e. The lowest BCUT2D eigenvalue weighted by Crippen LogP contribution is -2.07. The van der Waals surface area contributed by atoms with Gasteiger partial charge in [0.1, 0.15) is 0 Å². The molecule has 1 heterocycles. The highest BCUT2D eigenvalue weighted by Crippen LogP contribution is 2.26. The van der Waals surface area contributed by atoms with Crippen LogP contribution in [0.4, 0.5) is 13.2 Å². The number of nitrogens with zero attached hydrogens (tertiary/aromatic N) is 1. The van der Waals surface area contributed by atoms with E-state index in [1.165, 1.54) is 6.20 Å². The van der Waals surface area contributed by atoms with Gasteiger partial charge in [-0.1, -0.05) is 0 Å². The fraction of sp³-hybridized carbons (Fsp3) is 0.571. The Labute approximate surface area is 73.2 Å². The van der Waals surface area contributed by atoms with Crippen molar-refractivity contribution in [2.75, 3.05) is 6.54 Å². The van der Waals surface area contributed by atoms with Gasteiger partial charge in [-0.2, -0.15) is 13.2 Å². The number of hydrogen-bond acceptors (Lipinski definition) is 2. The molecule has 0 bridgehead atoms. The highest BCUT2D eigenvalue weighted by molar-refractivity contribution is 5.03. The van der Waals surface area contributed by atoms with Crippen molar-refractivity contribution in [1.29, 1.82) is 0 Å². The third-order valence-electron chi connectivity index (χ3n) is 1.55. The van der Waals surface area contributed by atoms with Crippen molar-refractivity contribution in [1.82, 2.24) is 9.97 Å². The minimum Gasteiger partial charge on any atom is -0.338 e. The second-order valence-corrected chi connectivity index (χ2v) is 2.65. The van der Waals surface area contributed by atoms with Gasteiger partial charge < -0.3 is 10.7 Å². The van der Waals surface area contributed by atoms with Gasteiger partial charge >= 0.3 is 6.18 Å². The second kappa shape index (κ2) is 3.78. The van der Waals surface area contributed by atoms with Crippen molar-refractivity contribution in [2.45, 2.75) is 19.0 Å². The Hall–Kier alpha value is -1.04. The van der Waals surface area contributed by atoms with E-state index in [2.05, 4.69) is 9.97 Å². The Morgan fingerprint density at radius 2 is 2.15 bits per heavy atom. The minimum absolute atomic E-state index is 0.459. The molecular weight excluding hydrogens is 183 g/mol. The molecule has 0 aromatic carbocycles. The third-order valence-corrected chi connectivity index (χ3v) is 1.55. The molecule has 0 spiro atoms. The third kappa shape index (κ3) is 2.73. The molecule has 0 radical (unpaired) electrons. The van der Waals surface area contributed by atoms with Crippen LogP contribution >= 0.6 is 0 Å². The van der Waals surface area contributed by atoms with Crippen LogP contribution in [0.5, 0.6) is 0 Å². The van der Waals surface area contributed by atoms with E-state index < -0.39 is 12.0 Å². The highest BCUT2D eigenvalue weighted by Gasteiger charge is 2.34. The number of nitrogens with one attached hydrogen (secondary N) is 1. The Bertz CT molecular complexity index is 266. The van der Waals surface area contributed by atoms with Crippen LogP contribution < -0.4 is 5.73 Å². The van der Waals surface area contributed by atoms with Gasteiger partial charge in [0.25, 0.3) is 0 Å². The molecule has 0 unspecified atom stereocenters. The molecule has 3 N–H and O–H groups in total. The summed E-state index contributed by atoms with van der Waals surface area (Å²) in [6.07, 6.45) is -2.04. The number of aromatic nitrogens is 2. The summed E-state index contributed by atoms with van der Waals surface area (Å²) in [4.78, 5) is 5.42. The Balaban J connectivity index is 2.64. The molecule has 0 atom stereocenters. The molecule has 1 rings (SSSR count). The van der Waals surface area contributed by atoms with E-state index >= 15 is 0 Å². The highest BCUT2D eigenvalue weighted by atomic mass is 19.4. The van der Waals surface area contributed by atoms with E-state index in [4.69, 9.17) is 5.73 Å². The number of alkyl halides is 3. The van der Waals surface area contributed by atoms with E-state index in [9.17, 15) is 13.2 Å². The van der Waals surface area contributed by atoms with E-state index in [0.29, 0.717) is 25.1 Å². The second-order valence-electron chi connectivity index (χ2n) is 2.65. The zero-order valence-electron chi connectivity index (χ0n) is 6.86. The maximum atomic E-state index is 12.0. The first kappa shape index (κ1) is 10.0. The fourth-order valence-corrected chi connectivity index (χ4v) is 0.923. The number of H-pyrrole nitrogens is 1. The van der Waals surface area contributed by atoms with Crippen molar-refractivity contribution >= 4 is 0 Å². The summed E-state index contributed by atoms with van der Waals surface area (Å²) in [5.41, 5.74) is 5.68. The fourth-order valence-electron chi connectivity index (χ4n) is 0.923. The lowest BCUT2D eigenvalue weighted by Gasteiger charge is -2.00. The first-order valence-electron chi connectivity index (χ1n) is 3.85. The lowest BCUT2D eigenvalue weighted by atomic mass is 10.2. The van der Waals surface area contributed by atoms with E-state index in [1.807, 2.05) is 0 Å². The number of imidazole rings is 1. The van der Waals surface area contributed by atoms with E-state index in [-0.39, 0.29) is 0 Å². The molecule has 0 amide bonds. The Morgan fingerprint density at radius 3 is 2.62 bits per heavy atom. The molecule has 3 nitrogen and oxygen atoms in total. The molecule has 13 heavy (non-hydrogen) atoms. The summed E-state index contributed by atoms with van der Waals surface area (Å²) >= 11 is 0. The normalized spacial score (nSPS) is 12.0. The van der Waals surface area contributed by atoms with Crippen LogP contribution in [-0.2, 0) is 12.6 Å². The monoisotopic (exact) mass is 193 g/mol. The summed E-state index contributed by atoms with van der Waals surface area (Å²) in [5.74, 6) is -0.945. The van der Waals surface area contributed by atoms with Crippen molar-refractivity contribution in [3.63, 3.8) is 0 Å². The topological polar surface area (TPSA) is 54.7 Å². The molecule has 6 heteroatoms. The Kier molecular flexibility index (Phi) is 2.92. The summed E-state index contributed by atoms with van der Waals surface area (Å²) < 4.78 is 36.0. The molecule has 0 aliphatic rings. The largest absolute Gasteiger partial charge is 0.449 e. The van der Waals surface area contributed by atoms with Gasteiger partial charge in [0.2, 0.25) is 5.82 Å². The summed E-state index contributed by atoms with van der Waals surface area (Å²) in [6.45, 7) is 0.459. The number of aryl methyl sites for hydroxylation is 1. The van der Waals surface area contributed by atoms with Crippen LogP contribution in [0.15, 0.2) is 6.20 Å². The van der Waals surface area contributed by atoms with Crippen LogP contribution in [0.1, 0.15) is 17.9 Å². The molecule has 1 aromatic rings. The van der Waals surface area contributed by atoms with Gasteiger partial charge in [0.05, 0.1) is 0 Å². The van der Waals surface area contributed by atoms with E-state index in [1.54, 1.807) is 0 Å². The molecule has 0 aliphatic carbocycles. The lowest BCUT2D eigenvalue weighted by molar-refractivity contribution is -0.144. The zero-order chi connectivity index (χ0) is 9.90. The number of halogens is 3. The Morgan fingerprint density at radius 1 is 1.46 bits per heavy atom. The number of aromatic amines is 1. The van der Waals surface area contributed by atoms with Crippen molar-refractivity contribution in [3.05, 3.63) is 17.7 Å². The van der Waals surface area contributed by atoms with Gasteiger partial charge in [-0.15, -0.1) is 0 Å². The van der Waals surface area contributed by atoms with Gasteiger partial charge in [-0.05, 0) is 19.4 Å². The zero-order valence-corrected chi connectivity index (χ0v) is 6.86. The standard InChI is InChI=1S/C7H10F3N3/c8-7(9,10)6-12-4-5(13-6)2-1-3-11/h4H,1-3,11H2,(H,12,13). The van der Waals surface area contributed by atoms with Crippen LogP contribution in [0.3, 0.4) is 0 Å². The molecule has 0 fully saturated rings. The molecule has 0 saturated heterocycles. The summed E-state index contributed by atoms with van der Waals surface area (Å²) in [6, 6.07) is 0. The van der Waals surface area contributed by atoms with Crippen molar-refractivity contribution in [3.8, 4) is 0 Å². The van der Waals surface area contributed by atoms with Crippen LogP contribution in [0.2, 0.25) is 0 Å². The maximum absolute atomic E-state index is 12.0. The molecule has 0 aliphatic heterocycles. The van der Waals surface area contributed by atoms with Gasteiger partial charge in [0.15, 0.2) is 0 Å². The predicted molar refractivity (Wildman–Crippen MR) is 41.0 cm³/mol. The maximum Gasteiger partial charge on any atom is 0.449 e. The number of nitrogens with two attached hydrogens (primary N) is 1. The number of hydrogen-bond donors (Lipinski definition) is 2. The molecule has 74 valence electrons. The first-order chi connectivity index (χ1) is 6.04. The van der Waals surface area contributed by atoms with Gasteiger partial charge in [0, 0.05) is 11.9 Å². The number of rotatable bonds is 3. The SMILES string of the molecule is NCCCc1cnc(C(F)(F)F)[nH]1. The minimum atomic E-state index is -4.39. The quantitative estimate of drug-likeness (QED) is 0.760. The van der Waals surface area contributed by atoms with Crippen LogP contribution in [-0.4, -0.2) is 16.5 Å². The van der Waals surface area contributed by atoms with Gasteiger partial charge in [-0.25, -0.2) is 4.98 Å². The summed E-state index contributed by atoms with van der Waals surface area (Å²) in [7, 11) is 0. The average Bonchev–Trinajstić information content (AvgIpc) is 2.47. The molecule has 1 aromatic heterocycles. The van der Waals surface area contributed by atoms with Gasteiger partial charge in [-0.3, -0.25) is 0 Å². The first-order valence-corrected chi connectivity index (χ1v) is 3.85. The predicted octanol–water partition coefficient (Wildman–Crippen LogP) is 1.32. The average molecular weight is 193 g/mol. The van der Waals surface area contributed by atoms with Crippen LogP contribution in [0.25, 0.3) is 0 Å². The molecule has 0 saturated carbocycles. The summed E-state index contributed by atoms with van der Waals surface area (Å²) in [5, 5.41) is 0. The van der Waals surface area contributed by atoms with Crippen molar-refractivity contribution in [2.24, 2.45) is 5.73 Å². The van der Waals surface area contributed by atoms with E-state index in [0.717, 1.165) is 0 Å². The van der Waals surface area contributed by atoms with Crippen molar-refractivity contribution < 1.29 is 13.2 Å².